The summed E-state index contributed by atoms with van der Waals surface area (Å²) >= 11 is 0. The van der Waals surface area contributed by atoms with Crippen LogP contribution in [0.3, 0.4) is 0 Å². The van der Waals surface area contributed by atoms with Crippen LogP contribution >= 0.6 is 0 Å². The lowest BCUT2D eigenvalue weighted by molar-refractivity contribution is 0.0383. The predicted octanol–water partition coefficient (Wildman–Crippen LogP) is 2.21. The molecule has 5 heteroatoms. The minimum atomic E-state index is -0.711. The maximum atomic E-state index is 11.0. The third kappa shape index (κ3) is 5.37. The molecule has 2 aliphatic carbocycles. The maximum absolute atomic E-state index is 11.0. The quantitative estimate of drug-likeness (QED) is 0.669. The number of primary amides is 1. The largest absolute Gasteiger partial charge is 0.417 e. The van der Waals surface area contributed by atoms with Gasteiger partial charge >= 0.3 is 6.09 Å². The van der Waals surface area contributed by atoms with Crippen LogP contribution in [0.15, 0.2) is 0 Å². The van der Waals surface area contributed by atoms with Gasteiger partial charge in [-0.05, 0) is 25.7 Å². The molecule has 2 aliphatic rings. The van der Waals surface area contributed by atoms with Gasteiger partial charge in [0.15, 0.2) is 0 Å². The van der Waals surface area contributed by atoms with Crippen LogP contribution in [0.2, 0.25) is 0 Å². The van der Waals surface area contributed by atoms with E-state index in [1.807, 2.05) is 0 Å². The van der Waals surface area contributed by atoms with Crippen molar-refractivity contribution in [3.05, 3.63) is 0 Å². The third-order valence-corrected chi connectivity index (χ3v) is 4.22. The number of carbonyl (C=O) groups is 1. The second kappa shape index (κ2) is 7.70. The summed E-state index contributed by atoms with van der Waals surface area (Å²) in [5.74, 6) is 0. The molecule has 1 amide bonds. The molecule has 0 aromatic heterocycles. The number of nitrogens with one attached hydrogen (secondary N) is 2. The van der Waals surface area contributed by atoms with E-state index in [0.717, 1.165) is 25.7 Å². The minimum Gasteiger partial charge on any atom is -0.417 e. The molecule has 0 aromatic rings. The number of hydrogen-bond donors (Lipinski definition) is 3. The molecule has 110 valence electrons. The van der Waals surface area contributed by atoms with Gasteiger partial charge in [-0.15, -0.1) is 0 Å². The van der Waals surface area contributed by atoms with Crippen LogP contribution in [-0.4, -0.2) is 24.5 Å². The summed E-state index contributed by atoms with van der Waals surface area (Å²) in [6.07, 6.45) is 11.1. The third-order valence-electron chi connectivity index (χ3n) is 4.22. The van der Waals surface area contributed by atoms with Crippen LogP contribution in [0.4, 0.5) is 4.79 Å². The van der Waals surface area contributed by atoms with Crippen molar-refractivity contribution in [3.63, 3.8) is 0 Å². The van der Waals surface area contributed by atoms with E-state index in [1.54, 1.807) is 0 Å². The highest BCUT2D eigenvalue weighted by Gasteiger charge is 2.23. The molecule has 5 nitrogen and oxygen atoms in total. The van der Waals surface area contributed by atoms with Gasteiger partial charge in [-0.1, -0.05) is 38.5 Å². The van der Waals surface area contributed by atoms with E-state index in [1.165, 1.54) is 38.5 Å². The zero-order chi connectivity index (χ0) is 13.5. The molecule has 0 heterocycles. The number of carbonyl (C=O) groups excluding carboxylic acids is 1. The first-order valence-electron chi connectivity index (χ1n) is 7.72. The molecule has 4 N–H and O–H groups in total. The highest BCUT2D eigenvalue weighted by Crippen LogP contribution is 2.20. The Morgan fingerprint density at radius 2 is 1.32 bits per heavy atom. The van der Waals surface area contributed by atoms with Crippen LogP contribution in [0.1, 0.15) is 64.2 Å². The average molecular weight is 269 g/mol. The zero-order valence-corrected chi connectivity index (χ0v) is 11.7. The Morgan fingerprint density at radius 1 is 0.895 bits per heavy atom. The van der Waals surface area contributed by atoms with Crippen LogP contribution in [0.25, 0.3) is 0 Å². The minimum absolute atomic E-state index is 0.427. The van der Waals surface area contributed by atoms with E-state index >= 15 is 0 Å². The van der Waals surface area contributed by atoms with Gasteiger partial charge in [0.25, 0.3) is 0 Å². The topological polar surface area (TPSA) is 76.4 Å². The van der Waals surface area contributed by atoms with Gasteiger partial charge in [-0.25, -0.2) is 4.79 Å². The van der Waals surface area contributed by atoms with E-state index < -0.39 is 12.4 Å². The molecular formula is C14H27N3O2. The van der Waals surface area contributed by atoms with E-state index in [-0.39, 0.29) is 0 Å². The SMILES string of the molecule is NC(=O)OC(NC1CCCCC1)NC1CCCCC1. The first-order valence-corrected chi connectivity index (χ1v) is 7.72. The normalized spacial score (nSPS) is 22.6. The summed E-state index contributed by atoms with van der Waals surface area (Å²) in [6.45, 7) is 0. The summed E-state index contributed by atoms with van der Waals surface area (Å²) in [5, 5.41) is 6.80. The molecule has 0 aliphatic heterocycles. The van der Waals surface area contributed by atoms with Gasteiger partial charge in [0.05, 0.1) is 0 Å². The molecule has 19 heavy (non-hydrogen) atoms. The van der Waals surface area contributed by atoms with Crippen molar-refractivity contribution < 1.29 is 9.53 Å². The van der Waals surface area contributed by atoms with Crippen LogP contribution in [-0.2, 0) is 4.74 Å². The fourth-order valence-electron chi connectivity index (χ4n) is 3.20. The van der Waals surface area contributed by atoms with Crippen molar-refractivity contribution in [1.29, 1.82) is 0 Å². The Hall–Kier alpha value is -0.810. The fourth-order valence-corrected chi connectivity index (χ4v) is 3.20. The molecule has 2 saturated carbocycles. The molecule has 0 aromatic carbocycles. The Morgan fingerprint density at radius 3 is 1.68 bits per heavy atom. The van der Waals surface area contributed by atoms with Crippen molar-refractivity contribution in [3.8, 4) is 0 Å². The maximum Gasteiger partial charge on any atom is 0.407 e. The highest BCUT2D eigenvalue weighted by atomic mass is 16.6. The number of hydrogen-bond acceptors (Lipinski definition) is 4. The number of rotatable bonds is 5. The average Bonchev–Trinajstić information content (AvgIpc) is 2.40. The molecule has 0 radical (unpaired) electrons. The summed E-state index contributed by atoms with van der Waals surface area (Å²) < 4.78 is 5.17. The number of nitrogens with two attached hydrogens (primary N) is 1. The standard InChI is InChI=1S/C14H27N3O2/c15-13(18)19-14(16-11-7-3-1-4-8-11)17-12-9-5-2-6-10-12/h11-12,14,16-17H,1-10H2,(H2,15,18). The lowest BCUT2D eigenvalue weighted by atomic mass is 9.95. The fraction of sp³-hybridized carbons (Fsp3) is 0.929. The first kappa shape index (κ1) is 14.6. The Kier molecular flexibility index (Phi) is 5.92. The summed E-state index contributed by atoms with van der Waals surface area (Å²) in [4.78, 5) is 11.0. The lowest BCUT2D eigenvalue weighted by Gasteiger charge is -2.32. The lowest BCUT2D eigenvalue weighted by Crippen LogP contribution is -2.54. The van der Waals surface area contributed by atoms with E-state index in [2.05, 4.69) is 10.6 Å². The van der Waals surface area contributed by atoms with Crippen LogP contribution in [0.5, 0.6) is 0 Å². The smallest absolute Gasteiger partial charge is 0.407 e. The van der Waals surface area contributed by atoms with Crippen molar-refractivity contribution in [1.82, 2.24) is 10.6 Å². The second-order valence-corrected chi connectivity index (χ2v) is 5.82. The predicted molar refractivity (Wildman–Crippen MR) is 74.5 cm³/mol. The first-order chi connectivity index (χ1) is 9.24. The van der Waals surface area contributed by atoms with Crippen LogP contribution < -0.4 is 16.4 Å². The molecule has 0 atom stereocenters. The van der Waals surface area contributed by atoms with Gasteiger partial charge in [-0.2, -0.15) is 0 Å². The molecule has 0 spiro atoms. The molecule has 2 rings (SSSR count). The monoisotopic (exact) mass is 269 g/mol. The Balaban J connectivity index is 1.81. The van der Waals surface area contributed by atoms with Crippen molar-refractivity contribution >= 4 is 6.09 Å². The van der Waals surface area contributed by atoms with Crippen molar-refractivity contribution in [2.75, 3.05) is 0 Å². The Bertz CT molecular complexity index is 254. The Labute approximate surface area is 115 Å². The van der Waals surface area contributed by atoms with Gasteiger partial charge in [0.2, 0.25) is 6.35 Å². The van der Waals surface area contributed by atoms with Gasteiger partial charge in [0, 0.05) is 12.1 Å². The summed E-state index contributed by atoms with van der Waals surface area (Å²) in [5.41, 5.74) is 5.16. The molecule has 2 fully saturated rings. The second-order valence-electron chi connectivity index (χ2n) is 5.82. The van der Waals surface area contributed by atoms with E-state index in [0.29, 0.717) is 12.1 Å². The number of amides is 1. The van der Waals surface area contributed by atoms with E-state index in [9.17, 15) is 4.79 Å². The molecule has 0 bridgehead atoms. The molecular weight excluding hydrogens is 242 g/mol. The zero-order valence-electron chi connectivity index (χ0n) is 11.7. The van der Waals surface area contributed by atoms with Crippen LogP contribution in [0, 0.1) is 0 Å². The summed E-state index contributed by atoms with van der Waals surface area (Å²) in [6, 6.07) is 0.878. The molecule has 0 unspecified atom stereocenters. The van der Waals surface area contributed by atoms with Gasteiger partial charge < -0.3 is 10.5 Å². The molecule has 0 saturated heterocycles. The van der Waals surface area contributed by atoms with E-state index in [4.69, 9.17) is 10.5 Å². The van der Waals surface area contributed by atoms with Crippen molar-refractivity contribution in [2.45, 2.75) is 82.6 Å². The van der Waals surface area contributed by atoms with Gasteiger partial charge in [0.1, 0.15) is 0 Å². The van der Waals surface area contributed by atoms with Gasteiger partial charge in [-0.3, -0.25) is 10.6 Å². The van der Waals surface area contributed by atoms with Crippen molar-refractivity contribution in [2.24, 2.45) is 5.73 Å². The summed E-state index contributed by atoms with van der Waals surface area (Å²) in [7, 11) is 0. The number of ether oxygens (including phenoxy) is 1. The highest BCUT2D eigenvalue weighted by molar-refractivity contribution is 5.64.